The number of ether oxygens (including phenoxy) is 2. The van der Waals surface area contributed by atoms with Crippen molar-refractivity contribution in [2.75, 3.05) is 27.3 Å². The second kappa shape index (κ2) is 17.0. The lowest BCUT2D eigenvalue weighted by Gasteiger charge is -2.29. The summed E-state index contributed by atoms with van der Waals surface area (Å²) >= 11 is 1.73. The van der Waals surface area contributed by atoms with Crippen molar-refractivity contribution in [3.05, 3.63) is 58.6 Å². The maximum atomic E-state index is 13.6. The van der Waals surface area contributed by atoms with Gasteiger partial charge in [0, 0.05) is 24.2 Å². The molecule has 14 nitrogen and oxygen atoms in total. The van der Waals surface area contributed by atoms with Crippen LogP contribution in [-0.4, -0.2) is 93.1 Å². The summed E-state index contributed by atoms with van der Waals surface area (Å²) in [5, 5.41) is 5.41. The SMILES string of the molecule is COC(=O)N[C@H](C(=O)N1CCC[C@H]1c1nc(-c2ccc(CCCc3ccc4nc([C@@H]5CCCN5C(=O)[C@@H](NC(=O)OC)C(C)C)[nH]c4c3)s2)c[nH]1)C(C)C. The molecule has 0 saturated carbocycles. The van der Waals surface area contributed by atoms with Crippen molar-refractivity contribution in [2.45, 2.75) is 96.8 Å². The van der Waals surface area contributed by atoms with E-state index in [4.69, 9.17) is 19.4 Å². The average molecular weight is 761 g/mol. The summed E-state index contributed by atoms with van der Waals surface area (Å²) in [6.45, 7) is 8.86. The van der Waals surface area contributed by atoms with Crippen molar-refractivity contribution in [2.24, 2.45) is 11.8 Å². The topological polar surface area (TPSA) is 175 Å². The van der Waals surface area contributed by atoms with Gasteiger partial charge in [-0.25, -0.2) is 19.6 Å². The van der Waals surface area contributed by atoms with E-state index in [1.807, 2.05) is 49.8 Å². The van der Waals surface area contributed by atoms with Crippen LogP contribution in [0, 0.1) is 11.8 Å². The molecular weight excluding hydrogens is 709 g/mol. The van der Waals surface area contributed by atoms with Crippen LogP contribution in [0.1, 0.15) is 94.0 Å². The summed E-state index contributed by atoms with van der Waals surface area (Å²) in [5.41, 5.74) is 3.89. The van der Waals surface area contributed by atoms with Gasteiger partial charge in [-0.3, -0.25) is 9.59 Å². The van der Waals surface area contributed by atoms with Gasteiger partial charge in [0.05, 0.1) is 47.9 Å². The van der Waals surface area contributed by atoms with E-state index in [1.54, 1.807) is 11.3 Å². The van der Waals surface area contributed by atoms with Crippen LogP contribution in [0.5, 0.6) is 0 Å². The van der Waals surface area contributed by atoms with E-state index in [9.17, 15) is 19.2 Å². The standard InChI is InChI=1S/C39H52N8O6S/c1-22(2)32(44-38(50)52-5)36(48)46-18-8-12-29(46)34-40-21-28(43-34)31-17-15-25(54-31)11-7-10-24-14-16-26-27(20-24)42-35(41-26)30-13-9-19-47(30)37(49)33(23(3)4)45-39(51)53-6/h14-17,20-23,29-30,32-33H,7-13,18-19H2,1-6H3,(H,40,43)(H,41,42)(H,44,50)(H,45,51)/t29-,30-,32-,33-/m0/s1. The van der Waals surface area contributed by atoms with Crippen LogP contribution in [-0.2, 0) is 31.9 Å². The molecule has 0 spiro atoms. The van der Waals surface area contributed by atoms with Gasteiger partial charge in [-0.05, 0) is 86.6 Å². The molecule has 3 aromatic heterocycles. The number of aryl methyl sites for hydroxylation is 2. The van der Waals surface area contributed by atoms with Gasteiger partial charge in [0.15, 0.2) is 0 Å². The number of hydrogen-bond donors (Lipinski definition) is 4. The molecule has 2 fully saturated rings. The minimum atomic E-state index is -0.674. The normalized spacial score (nSPS) is 18.4. The molecule has 0 radical (unpaired) electrons. The second-order valence-electron chi connectivity index (χ2n) is 14.9. The summed E-state index contributed by atoms with van der Waals surface area (Å²) in [4.78, 5) is 73.6. The number of thiophene rings is 1. The minimum absolute atomic E-state index is 0.0924. The van der Waals surface area contributed by atoms with Gasteiger partial charge in [0.2, 0.25) is 11.8 Å². The van der Waals surface area contributed by atoms with Gasteiger partial charge >= 0.3 is 12.2 Å². The summed E-state index contributed by atoms with van der Waals surface area (Å²) in [6, 6.07) is 8.88. The van der Waals surface area contributed by atoms with E-state index in [-0.39, 0.29) is 35.7 Å². The van der Waals surface area contributed by atoms with E-state index in [1.165, 1.54) is 24.7 Å². The monoisotopic (exact) mass is 760 g/mol. The van der Waals surface area contributed by atoms with E-state index < -0.39 is 24.3 Å². The maximum absolute atomic E-state index is 13.6. The summed E-state index contributed by atoms with van der Waals surface area (Å²) in [5.74, 6) is 1.09. The van der Waals surface area contributed by atoms with Crippen LogP contribution in [0.25, 0.3) is 21.6 Å². The fraction of sp³-hybridized carbons (Fsp3) is 0.538. The first kappa shape index (κ1) is 38.8. The molecule has 290 valence electrons. The Kier molecular flexibility index (Phi) is 12.2. The lowest BCUT2D eigenvalue weighted by atomic mass is 10.0. The van der Waals surface area contributed by atoms with Crippen LogP contribution >= 0.6 is 11.3 Å². The minimum Gasteiger partial charge on any atom is -0.453 e. The van der Waals surface area contributed by atoms with Crippen LogP contribution in [0.15, 0.2) is 36.5 Å². The summed E-state index contributed by atoms with van der Waals surface area (Å²) < 4.78 is 9.52. The molecule has 0 bridgehead atoms. The number of likely N-dealkylation sites (tertiary alicyclic amines) is 2. The smallest absolute Gasteiger partial charge is 0.407 e. The zero-order chi connectivity index (χ0) is 38.5. The van der Waals surface area contributed by atoms with Gasteiger partial charge in [0.1, 0.15) is 23.7 Å². The molecule has 2 aliphatic rings. The number of nitrogens with zero attached hydrogens (tertiary/aromatic N) is 4. The lowest BCUT2D eigenvalue weighted by Crippen LogP contribution is -2.51. The Labute approximate surface area is 319 Å². The van der Waals surface area contributed by atoms with E-state index >= 15 is 0 Å². The Morgan fingerprint density at radius 3 is 2.04 bits per heavy atom. The number of H-pyrrole nitrogens is 2. The Balaban J connectivity index is 1.05. The molecule has 5 heterocycles. The van der Waals surface area contributed by atoms with E-state index in [2.05, 4.69) is 44.9 Å². The molecule has 4 N–H and O–H groups in total. The fourth-order valence-corrected chi connectivity index (χ4v) is 8.54. The van der Waals surface area contributed by atoms with Gasteiger partial charge in [-0.15, -0.1) is 11.3 Å². The van der Waals surface area contributed by atoms with Gasteiger partial charge < -0.3 is 39.9 Å². The predicted molar refractivity (Wildman–Crippen MR) is 206 cm³/mol. The molecule has 4 aromatic rings. The van der Waals surface area contributed by atoms with Crippen LogP contribution < -0.4 is 10.6 Å². The highest BCUT2D eigenvalue weighted by Crippen LogP contribution is 2.35. The van der Waals surface area contributed by atoms with E-state index in [0.29, 0.717) is 13.1 Å². The predicted octanol–water partition coefficient (Wildman–Crippen LogP) is 6.28. The third kappa shape index (κ3) is 8.56. The average Bonchev–Trinajstić information content (AvgIpc) is 4.00. The van der Waals surface area contributed by atoms with Crippen molar-refractivity contribution in [1.82, 2.24) is 40.4 Å². The van der Waals surface area contributed by atoms with Crippen molar-refractivity contribution in [3.63, 3.8) is 0 Å². The third-order valence-electron chi connectivity index (χ3n) is 10.5. The lowest BCUT2D eigenvalue weighted by molar-refractivity contribution is -0.136. The molecule has 4 amide bonds. The molecule has 15 heteroatoms. The highest BCUT2D eigenvalue weighted by Gasteiger charge is 2.39. The van der Waals surface area contributed by atoms with Crippen molar-refractivity contribution >= 4 is 46.4 Å². The molecule has 2 aliphatic heterocycles. The Morgan fingerprint density at radius 1 is 0.833 bits per heavy atom. The molecular formula is C39H52N8O6S. The van der Waals surface area contributed by atoms with Gasteiger partial charge in [0.25, 0.3) is 0 Å². The maximum Gasteiger partial charge on any atom is 0.407 e. The van der Waals surface area contributed by atoms with Gasteiger partial charge in [-0.1, -0.05) is 33.8 Å². The highest BCUT2D eigenvalue weighted by molar-refractivity contribution is 7.15. The highest BCUT2D eigenvalue weighted by atomic mass is 32.1. The number of methoxy groups -OCH3 is 2. The Bertz CT molecular complexity index is 1950. The quantitative estimate of drug-likeness (QED) is 0.123. The number of alkyl carbamates (subject to hydrolysis) is 2. The first-order valence-corrected chi connectivity index (χ1v) is 19.7. The molecule has 2 saturated heterocycles. The summed E-state index contributed by atoms with van der Waals surface area (Å²) in [6.07, 6.45) is 6.82. The number of aromatic nitrogens is 4. The zero-order valence-electron chi connectivity index (χ0n) is 31.9. The van der Waals surface area contributed by atoms with Crippen molar-refractivity contribution in [3.8, 4) is 10.6 Å². The molecule has 1 aromatic carbocycles. The number of nitrogens with one attached hydrogen (secondary N) is 4. The number of carbonyl (C=O) groups is 4. The number of imidazole rings is 2. The number of aromatic amines is 2. The number of carbonyl (C=O) groups excluding carboxylic acids is 4. The van der Waals surface area contributed by atoms with Crippen LogP contribution in [0.4, 0.5) is 9.59 Å². The fourth-order valence-electron chi connectivity index (χ4n) is 7.53. The third-order valence-corrected chi connectivity index (χ3v) is 11.6. The Hall–Kier alpha value is -4.92. The number of benzene rings is 1. The zero-order valence-corrected chi connectivity index (χ0v) is 32.8. The number of hydrogen-bond acceptors (Lipinski definition) is 9. The van der Waals surface area contributed by atoms with Crippen LogP contribution in [0.3, 0.4) is 0 Å². The Morgan fingerprint density at radius 2 is 1.44 bits per heavy atom. The number of fused-ring (bicyclic) bond motifs is 1. The second-order valence-corrected chi connectivity index (χ2v) is 16.0. The first-order chi connectivity index (χ1) is 26.0. The molecule has 6 rings (SSSR count). The molecule has 54 heavy (non-hydrogen) atoms. The first-order valence-electron chi connectivity index (χ1n) is 18.9. The molecule has 0 unspecified atom stereocenters. The van der Waals surface area contributed by atoms with Gasteiger partial charge in [-0.2, -0.15) is 0 Å². The summed E-state index contributed by atoms with van der Waals surface area (Å²) in [7, 11) is 2.59. The number of amides is 4. The van der Waals surface area contributed by atoms with Crippen molar-refractivity contribution < 1.29 is 28.7 Å². The largest absolute Gasteiger partial charge is 0.453 e. The van der Waals surface area contributed by atoms with Crippen LogP contribution in [0.2, 0.25) is 0 Å². The molecule has 0 aliphatic carbocycles. The van der Waals surface area contributed by atoms with Crippen molar-refractivity contribution in [1.29, 1.82) is 0 Å². The molecule has 4 atom stereocenters. The van der Waals surface area contributed by atoms with E-state index in [0.717, 1.165) is 78.2 Å². The number of rotatable bonds is 13.